The fourth-order valence-corrected chi connectivity index (χ4v) is 6.77. The molecule has 1 aliphatic heterocycles. The summed E-state index contributed by atoms with van der Waals surface area (Å²) in [6, 6.07) is 5.42. The van der Waals surface area contributed by atoms with Crippen molar-refractivity contribution in [2.24, 2.45) is 5.92 Å². The third-order valence-electron chi connectivity index (χ3n) is 4.62. The quantitative estimate of drug-likeness (QED) is 0.371. The molecule has 0 bridgehead atoms. The van der Waals surface area contributed by atoms with Gasteiger partial charge in [-0.15, -0.1) is 0 Å². The van der Waals surface area contributed by atoms with Crippen LogP contribution in [0.1, 0.15) is 32.6 Å². The summed E-state index contributed by atoms with van der Waals surface area (Å²) in [7, 11) is -0.737. The van der Waals surface area contributed by atoms with Gasteiger partial charge in [0.25, 0.3) is 0 Å². The van der Waals surface area contributed by atoms with E-state index in [1.807, 2.05) is 0 Å². The van der Waals surface area contributed by atoms with Gasteiger partial charge in [-0.1, -0.05) is 24.6 Å². The Morgan fingerprint density at radius 2 is 1.78 bits per heavy atom. The van der Waals surface area contributed by atoms with Gasteiger partial charge in [-0.2, -0.15) is 0 Å². The minimum Gasteiger partial charge on any atom is -0.493 e. The standard InChI is InChI=1S/C17H24F4OSi/c1-12(18)3-2-6-23-7-4-13(5-8-23)11-22-14-9-15(19)17(21)16(20)10-14/h9-10,12-13,23H,2-8,11H2,1H3/t12?,13-,23-. The highest BCUT2D eigenvalue weighted by atomic mass is 28.3. The number of halogens is 4. The highest BCUT2D eigenvalue weighted by Gasteiger charge is 2.23. The zero-order valence-corrected chi connectivity index (χ0v) is 14.6. The second kappa shape index (κ2) is 8.71. The monoisotopic (exact) mass is 348 g/mol. The average molecular weight is 348 g/mol. The van der Waals surface area contributed by atoms with E-state index in [1.54, 1.807) is 6.92 Å². The first-order chi connectivity index (χ1) is 11.0. The molecule has 1 saturated heterocycles. The van der Waals surface area contributed by atoms with E-state index in [2.05, 4.69) is 0 Å². The van der Waals surface area contributed by atoms with Crippen LogP contribution < -0.4 is 4.74 Å². The van der Waals surface area contributed by atoms with Crippen molar-refractivity contribution in [2.75, 3.05) is 6.61 Å². The van der Waals surface area contributed by atoms with Crippen LogP contribution in [0.25, 0.3) is 0 Å². The van der Waals surface area contributed by atoms with Crippen LogP contribution in [0.2, 0.25) is 18.1 Å². The van der Waals surface area contributed by atoms with Gasteiger partial charge < -0.3 is 4.74 Å². The summed E-state index contributed by atoms with van der Waals surface area (Å²) in [5.74, 6) is -3.49. The van der Waals surface area contributed by atoms with Gasteiger partial charge in [0, 0.05) is 20.9 Å². The van der Waals surface area contributed by atoms with Crippen molar-refractivity contribution in [3.8, 4) is 5.75 Å². The van der Waals surface area contributed by atoms with E-state index in [-0.39, 0.29) is 5.75 Å². The summed E-state index contributed by atoms with van der Waals surface area (Å²) < 4.78 is 57.3. The average Bonchev–Trinajstić information content (AvgIpc) is 2.51. The lowest BCUT2D eigenvalue weighted by Crippen LogP contribution is -2.25. The molecule has 0 aromatic heterocycles. The van der Waals surface area contributed by atoms with Crippen LogP contribution in [-0.4, -0.2) is 21.6 Å². The van der Waals surface area contributed by atoms with E-state index in [0.717, 1.165) is 31.4 Å². The van der Waals surface area contributed by atoms with Gasteiger partial charge in [0.05, 0.1) is 12.8 Å². The van der Waals surface area contributed by atoms with Crippen molar-refractivity contribution in [2.45, 2.75) is 56.9 Å². The molecule has 1 nitrogen and oxygen atoms in total. The topological polar surface area (TPSA) is 9.23 Å². The molecule has 0 spiro atoms. The maximum absolute atomic E-state index is 13.1. The highest BCUT2D eigenvalue weighted by molar-refractivity contribution is 6.58. The molecule has 0 radical (unpaired) electrons. The third-order valence-corrected chi connectivity index (χ3v) is 8.15. The molecule has 0 aliphatic carbocycles. The molecule has 1 atom stereocenters. The molecule has 23 heavy (non-hydrogen) atoms. The Labute approximate surface area is 136 Å². The molecule has 6 heteroatoms. The van der Waals surface area contributed by atoms with E-state index in [0.29, 0.717) is 18.9 Å². The molecule has 1 unspecified atom stereocenters. The van der Waals surface area contributed by atoms with Gasteiger partial charge in [0.2, 0.25) is 0 Å². The number of hydrogen-bond donors (Lipinski definition) is 0. The Morgan fingerprint density at radius 3 is 2.35 bits per heavy atom. The molecule has 0 amide bonds. The summed E-state index contributed by atoms with van der Waals surface area (Å²) in [4.78, 5) is 0. The van der Waals surface area contributed by atoms with E-state index in [1.165, 1.54) is 18.1 Å². The van der Waals surface area contributed by atoms with Gasteiger partial charge in [-0.3, -0.25) is 0 Å². The molecular weight excluding hydrogens is 324 g/mol. The summed E-state index contributed by atoms with van der Waals surface area (Å²) in [6.45, 7) is 2.02. The van der Waals surface area contributed by atoms with E-state index < -0.39 is 32.4 Å². The third kappa shape index (κ3) is 5.83. The van der Waals surface area contributed by atoms with Crippen molar-refractivity contribution >= 4 is 8.80 Å². The van der Waals surface area contributed by atoms with E-state index in [9.17, 15) is 17.6 Å². The van der Waals surface area contributed by atoms with Crippen molar-refractivity contribution in [1.82, 2.24) is 0 Å². The number of rotatable bonds is 7. The zero-order chi connectivity index (χ0) is 16.8. The largest absolute Gasteiger partial charge is 0.493 e. The van der Waals surface area contributed by atoms with Gasteiger partial charge >= 0.3 is 0 Å². The molecule has 1 aromatic rings. The van der Waals surface area contributed by atoms with Crippen molar-refractivity contribution < 1.29 is 22.3 Å². The predicted octanol–water partition coefficient (Wildman–Crippen LogP) is 5.26. The zero-order valence-electron chi connectivity index (χ0n) is 13.5. The molecular formula is C17H24F4OSi. The van der Waals surface area contributed by atoms with Crippen LogP contribution in [0, 0.1) is 23.4 Å². The summed E-state index contributed by atoms with van der Waals surface area (Å²) in [6.07, 6.45) is 3.08. The lowest BCUT2D eigenvalue weighted by molar-refractivity contribution is 0.233. The van der Waals surface area contributed by atoms with Gasteiger partial charge in [-0.25, -0.2) is 17.6 Å². The molecule has 1 heterocycles. The first-order valence-corrected chi connectivity index (χ1v) is 10.8. The molecule has 1 aromatic carbocycles. The van der Waals surface area contributed by atoms with Crippen molar-refractivity contribution in [3.63, 3.8) is 0 Å². The van der Waals surface area contributed by atoms with Crippen molar-refractivity contribution in [3.05, 3.63) is 29.6 Å². The smallest absolute Gasteiger partial charge is 0.194 e. The van der Waals surface area contributed by atoms with Gasteiger partial charge in [-0.05, 0) is 32.1 Å². The van der Waals surface area contributed by atoms with Gasteiger partial charge in [0.1, 0.15) is 5.75 Å². The Balaban J connectivity index is 1.70. The maximum Gasteiger partial charge on any atom is 0.194 e. The summed E-state index contributed by atoms with van der Waals surface area (Å²) in [5.41, 5.74) is 0. The minimum atomic E-state index is -1.47. The second-order valence-electron chi connectivity index (χ2n) is 6.61. The lowest BCUT2D eigenvalue weighted by Gasteiger charge is -2.27. The Kier molecular flexibility index (Phi) is 6.93. The number of hydrogen-bond acceptors (Lipinski definition) is 1. The molecule has 0 saturated carbocycles. The fraction of sp³-hybridized carbons (Fsp3) is 0.647. The van der Waals surface area contributed by atoms with Crippen LogP contribution >= 0.6 is 0 Å². The minimum absolute atomic E-state index is 0.0395. The van der Waals surface area contributed by atoms with Crippen LogP contribution in [0.4, 0.5) is 17.6 Å². The van der Waals surface area contributed by atoms with Crippen molar-refractivity contribution in [1.29, 1.82) is 0 Å². The van der Waals surface area contributed by atoms with Crippen LogP contribution in [0.5, 0.6) is 5.75 Å². The fourth-order valence-electron chi connectivity index (χ4n) is 3.20. The van der Waals surface area contributed by atoms with E-state index in [4.69, 9.17) is 4.74 Å². The molecule has 130 valence electrons. The van der Waals surface area contributed by atoms with Gasteiger partial charge in [0.15, 0.2) is 17.5 Å². The normalized spacial score (nSPS) is 22.8. The van der Waals surface area contributed by atoms with E-state index >= 15 is 0 Å². The maximum atomic E-state index is 13.1. The molecule has 0 N–H and O–H groups in total. The van der Waals surface area contributed by atoms with Crippen LogP contribution in [0.3, 0.4) is 0 Å². The van der Waals surface area contributed by atoms with Crippen LogP contribution in [-0.2, 0) is 0 Å². The molecule has 2 rings (SSSR count). The lowest BCUT2D eigenvalue weighted by atomic mass is 10.0. The number of alkyl halides is 1. The Hall–Kier alpha value is -1.04. The number of benzene rings is 1. The summed E-state index contributed by atoms with van der Waals surface area (Å²) in [5, 5.41) is 0. The number of ether oxygens (including phenoxy) is 1. The second-order valence-corrected chi connectivity index (χ2v) is 10.1. The first-order valence-electron chi connectivity index (χ1n) is 8.37. The Morgan fingerprint density at radius 1 is 1.17 bits per heavy atom. The first kappa shape index (κ1) is 18.3. The highest BCUT2D eigenvalue weighted by Crippen LogP contribution is 2.29. The SMILES string of the molecule is CC(F)CCC[Si@H]1CC[C@H](COc2cc(F)c(F)c(F)c2)CC1. The molecule has 1 fully saturated rings. The summed E-state index contributed by atoms with van der Waals surface area (Å²) >= 11 is 0. The Bertz CT molecular complexity index is 478. The molecule has 1 aliphatic rings. The van der Waals surface area contributed by atoms with Crippen LogP contribution in [0.15, 0.2) is 12.1 Å². The predicted molar refractivity (Wildman–Crippen MR) is 85.9 cm³/mol.